The maximum absolute atomic E-state index is 13.1. The molecule has 0 spiro atoms. The number of halogens is 3. The predicted octanol–water partition coefficient (Wildman–Crippen LogP) is 6.79. The minimum atomic E-state index is -5.03. The smallest absolute Gasteiger partial charge is 0.392 e. The molecule has 2 amide bonds. The van der Waals surface area contributed by atoms with E-state index in [0.717, 1.165) is 70.3 Å². The summed E-state index contributed by atoms with van der Waals surface area (Å²) < 4.78 is 54.7. The molecule has 4 aromatic carbocycles. The quantitative estimate of drug-likeness (QED) is 0.142. The Balaban J connectivity index is 0.945. The average molecular weight is 812 g/mol. The number of aromatic amines is 1. The molecular weight excluding hydrogens is 764 g/mol. The van der Waals surface area contributed by atoms with Crippen molar-refractivity contribution in [1.29, 1.82) is 0 Å². The van der Waals surface area contributed by atoms with Crippen LogP contribution in [0.4, 0.5) is 13.2 Å². The van der Waals surface area contributed by atoms with Crippen LogP contribution in [0.25, 0.3) is 22.2 Å². The van der Waals surface area contributed by atoms with E-state index in [1.54, 1.807) is 0 Å². The Labute approximate surface area is 339 Å². The largest absolute Gasteiger partial charge is 0.471 e. The molecule has 5 atom stereocenters. The van der Waals surface area contributed by atoms with E-state index >= 15 is 0 Å². The van der Waals surface area contributed by atoms with Gasteiger partial charge in [-0.05, 0) is 71.7 Å². The van der Waals surface area contributed by atoms with Crippen LogP contribution < -0.4 is 11.0 Å². The highest BCUT2D eigenvalue weighted by Gasteiger charge is 2.47. The van der Waals surface area contributed by atoms with Gasteiger partial charge in [-0.1, -0.05) is 85.8 Å². The summed E-state index contributed by atoms with van der Waals surface area (Å²) in [5.41, 5.74) is 6.92. The number of nitrogens with one attached hydrogen (secondary N) is 2. The van der Waals surface area contributed by atoms with E-state index in [-0.39, 0.29) is 56.0 Å². The number of aliphatic hydroxyl groups is 1. The number of benzene rings is 4. The van der Waals surface area contributed by atoms with E-state index in [1.165, 1.54) is 0 Å². The molecule has 0 bridgehead atoms. The monoisotopic (exact) mass is 811 g/mol. The molecule has 3 aliphatic heterocycles. The second-order valence-corrected chi connectivity index (χ2v) is 15.9. The van der Waals surface area contributed by atoms with Crippen molar-refractivity contribution in [2.24, 2.45) is 5.92 Å². The van der Waals surface area contributed by atoms with Crippen LogP contribution >= 0.6 is 0 Å². The number of para-hydroxylation sites is 2. The van der Waals surface area contributed by atoms with Crippen molar-refractivity contribution in [2.45, 2.75) is 82.5 Å². The van der Waals surface area contributed by atoms with Crippen molar-refractivity contribution in [2.75, 3.05) is 26.2 Å². The lowest BCUT2D eigenvalue weighted by atomic mass is 9.89. The summed E-state index contributed by atoms with van der Waals surface area (Å²) in [5.74, 6) is -2.59. The van der Waals surface area contributed by atoms with Crippen molar-refractivity contribution >= 4 is 22.8 Å². The number of piperidine rings is 1. The number of fused-ring (bicyclic) bond motifs is 1. The Hall–Kier alpha value is -5.28. The molecule has 3 fully saturated rings. The number of nitrogens with zero attached hydrogens (tertiary/aromatic N) is 3. The predicted molar refractivity (Wildman–Crippen MR) is 215 cm³/mol. The van der Waals surface area contributed by atoms with Gasteiger partial charge in [0.2, 0.25) is 5.91 Å². The average Bonchev–Trinajstić information content (AvgIpc) is 3.88. The van der Waals surface area contributed by atoms with Gasteiger partial charge in [-0.2, -0.15) is 13.2 Å². The van der Waals surface area contributed by atoms with Gasteiger partial charge in [-0.15, -0.1) is 0 Å². The first-order chi connectivity index (χ1) is 28.5. The Morgan fingerprint density at radius 1 is 0.847 bits per heavy atom. The summed E-state index contributed by atoms with van der Waals surface area (Å²) in [6.45, 7) is 4.42. The first-order valence-electron chi connectivity index (χ1n) is 20.2. The highest BCUT2D eigenvalue weighted by Crippen LogP contribution is 2.42. The fraction of sp³-hybridized carbons (Fsp3) is 0.400. The van der Waals surface area contributed by atoms with Gasteiger partial charge in [0.1, 0.15) is 6.04 Å². The van der Waals surface area contributed by atoms with Gasteiger partial charge in [-0.3, -0.25) is 14.2 Å². The summed E-state index contributed by atoms with van der Waals surface area (Å²) >= 11 is 0. The molecule has 4 heterocycles. The molecule has 5 unspecified atom stereocenters. The zero-order valence-electron chi connectivity index (χ0n) is 32.7. The van der Waals surface area contributed by atoms with Crippen molar-refractivity contribution < 1.29 is 37.3 Å². The molecule has 3 N–H and O–H groups in total. The van der Waals surface area contributed by atoms with Crippen LogP contribution in [0.2, 0.25) is 0 Å². The van der Waals surface area contributed by atoms with Crippen LogP contribution in [-0.4, -0.2) is 80.8 Å². The Bertz CT molecular complexity index is 2320. The molecular formula is C45H48F3N5O6. The zero-order chi connectivity index (χ0) is 41.3. The van der Waals surface area contributed by atoms with Crippen LogP contribution in [0.5, 0.6) is 0 Å². The standard InChI is InChI=1S/C45H48F3N5O6/c1-28-39(26-51-22-19-35(20-23-51)53-37-9-3-2-8-36(37)50-44(53)57)58-42(59-40(28)32-13-11-29(27-54)12-14-32)33-17-15-31(16-18-33)34-7-4-6-30(24-34)25-49-41(55)38-10-5-21-52(38)43(56)45(46,47)48/h2-4,6-9,11-18,24,28,35,38-40,42,54H,5,10,19-23,25-27H2,1H3,(H,49,55)(H,50,57). The number of carbonyl (C=O) groups is 2. The van der Waals surface area contributed by atoms with Gasteiger partial charge in [0.05, 0.1) is 29.8 Å². The number of hydrogen-bond acceptors (Lipinski definition) is 7. The number of carbonyl (C=O) groups excluding carboxylic acids is 2. The fourth-order valence-electron chi connectivity index (χ4n) is 8.83. The van der Waals surface area contributed by atoms with E-state index in [0.29, 0.717) is 17.9 Å². The Morgan fingerprint density at radius 3 is 2.31 bits per heavy atom. The molecule has 3 saturated heterocycles. The number of rotatable bonds is 10. The van der Waals surface area contributed by atoms with Gasteiger partial charge in [0, 0.05) is 50.2 Å². The summed E-state index contributed by atoms with van der Waals surface area (Å²) in [5, 5.41) is 12.4. The summed E-state index contributed by atoms with van der Waals surface area (Å²) in [7, 11) is 0. The topological polar surface area (TPSA) is 129 Å². The Morgan fingerprint density at radius 2 is 1.58 bits per heavy atom. The van der Waals surface area contributed by atoms with E-state index in [2.05, 4.69) is 22.1 Å². The lowest BCUT2D eigenvalue weighted by Gasteiger charge is -2.44. The number of imidazole rings is 1. The maximum atomic E-state index is 13.1. The minimum Gasteiger partial charge on any atom is -0.392 e. The fourth-order valence-corrected chi connectivity index (χ4v) is 8.83. The first-order valence-corrected chi connectivity index (χ1v) is 20.2. The normalized spacial score (nSPS) is 23.1. The number of hydrogen-bond donors (Lipinski definition) is 3. The van der Waals surface area contributed by atoms with Gasteiger partial charge >= 0.3 is 17.8 Å². The molecule has 0 saturated carbocycles. The second kappa shape index (κ2) is 17.1. The van der Waals surface area contributed by atoms with Gasteiger partial charge < -0.3 is 34.7 Å². The number of aromatic nitrogens is 2. The molecule has 14 heteroatoms. The summed E-state index contributed by atoms with van der Waals surface area (Å²) in [6, 6.07) is 30.0. The number of aliphatic hydroxyl groups excluding tert-OH is 1. The van der Waals surface area contributed by atoms with Crippen LogP contribution in [0.15, 0.2) is 102 Å². The summed E-state index contributed by atoms with van der Waals surface area (Å²) in [6.07, 6.45) is -3.94. The lowest BCUT2D eigenvalue weighted by Crippen LogP contribution is -2.50. The number of ether oxygens (including phenoxy) is 2. The van der Waals surface area contributed by atoms with E-state index in [9.17, 15) is 32.7 Å². The molecule has 11 nitrogen and oxygen atoms in total. The molecule has 5 aromatic rings. The van der Waals surface area contributed by atoms with Crippen LogP contribution in [0, 0.1) is 5.92 Å². The molecule has 59 heavy (non-hydrogen) atoms. The molecule has 0 aliphatic carbocycles. The molecule has 0 radical (unpaired) electrons. The number of likely N-dealkylation sites (tertiary alicyclic amines) is 2. The first kappa shape index (κ1) is 40.5. The van der Waals surface area contributed by atoms with Crippen LogP contribution in [0.1, 0.15) is 73.3 Å². The number of amides is 2. The highest BCUT2D eigenvalue weighted by molar-refractivity contribution is 5.90. The maximum Gasteiger partial charge on any atom is 0.471 e. The van der Waals surface area contributed by atoms with Crippen molar-refractivity contribution in [1.82, 2.24) is 24.7 Å². The number of alkyl halides is 3. The van der Waals surface area contributed by atoms with Crippen LogP contribution in [0.3, 0.4) is 0 Å². The number of H-pyrrole nitrogens is 1. The molecule has 8 rings (SSSR count). The van der Waals surface area contributed by atoms with Gasteiger partial charge in [0.25, 0.3) is 0 Å². The van der Waals surface area contributed by atoms with Crippen molar-refractivity contribution in [3.63, 3.8) is 0 Å². The second-order valence-electron chi connectivity index (χ2n) is 15.9. The Kier molecular flexibility index (Phi) is 11.8. The zero-order valence-corrected chi connectivity index (χ0v) is 32.7. The van der Waals surface area contributed by atoms with Crippen molar-refractivity contribution in [3.05, 3.63) is 130 Å². The third-order valence-electron chi connectivity index (χ3n) is 12.1. The van der Waals surface area contributed by atoms with Gasteiger partial charge in [0.15, 0.2) is 6.29 Å². The van der Waals surface area contributed by atoms with Crippen LogP contribution in [-0.2, 0) is 32.2 Å². The minimum absolute atomic E-state index is 0.00422. The molecule has 3 aliphatic rings. The van der Waals surface area contributed by atoms with E-state index < -0.39 is 30.3 Å². The molecule has 310 valence electrons. The third-order valence-corrected chi connectivity index (χ3v) is 12.1. The van der Waals surface area contributed by atoms with E-state index in [4.69, 9.17) is 9.47 Å². The van der Waals surface area contributed by atoms with Crippen molar-refractivity contribution in [3.8, 4) is 11.1 Å². The lowest BCUT2D eigenvalue weighted by molar-refractivity contribution is -0.276. The molecule has 1 aromatic heterocycles. The SMILES string of the molecule is CC1C(CN2CCC(n3c(=O)[nH]c4ccccc43)CC2)OC(c2ccc(-c3cccc(CNC(=O)C4CCCN4C(=O)C(F)(F)F)c3)cc2)OC1c1ccc(CO)cc1. The summed E-state index contributed by atoms with van der Waals surface area (Å²) in [4.78, 5) is 43.7. The van der Waals surface area contributed by atoms with Gasteiger partial charge in [-0.25, -0.2) is 4.79 Å². The van der Waals surface area contributed by atoms with E-state index in [1.807, 2.05) is 102 Å². The third kappa shape index (κ3) is 8.72. The highest BCUT2D eigenvalue weighted by atomic mass is 19.4.